The van der Waals surface area contributed by atoms with Crippen molar-refractivity contribution in [2.75, 3.05) is 50.7 Å². The van der Waals surface area contributed by atoms with Crippen LogP contribution in [0.2, 0.25) is 0 Å². The van der Waals surface area contributed by atoms with Crippen molar-refractivity contribution in [1.29, 1.82) is 0 Å². The SMILES string of the molecule is O=C(c1cnc(N2CCCC2)nc1)N1CCN(CC=Cc2ccccc2)CC1. The van der Waals surface area contributed by atoms with E-state index in [2.05, 4.69) is 44.1 Å². The highest BCUT2D eigenvalue weighted by atomic mass is 16.2. The van der Waals surface area contributed by atoms with Gasteiger partial charge in [-0.15, -0.1) is 0 Å². The van der Waals surface area contributed by atoms with E-state index >= 15 is 0 Å². The summed E-state index contributed by atoms with van der Waals surface area (Å²) in [4.78, 5) is 28.0. The van der Waals surface area contributed by atoms with E-state index in [4.69, 9.17) is 0 Å². The number of carbonyl (C=O) groups excluding carboxylic acids is 1. The van der Waals surface area contributed by atoms with E-state index in [1.807, 2.05) is 23.1 Å². The maximum absolute atomic E-state index is 12.7. The molecule has 0 unspecified atom stereocenters. The molecule has 1 aromatic heterocycles. The smallest absolute Gasteiger partial charge is 0.257 e. The fourth-order valence-electron chi connectivity index (χ4n) is 3.73. The van der Waals surface area contributed by atoms with Gasteiger partial charge in [0.05, 0.1) is 5.56 Å². The molecule has 146 valence electrons. The van der Waals surface area contributed by atoms with Gasteiger partial charge in [0.15, 0.2) is 0 Å². The van der Waals surface area contributed by atoms with E-state index in [0.717, 1.165) is 51.8 Å². The van der Waals surface area contributed by atoms with Gasteiger partial charge in [0.2, 0.25) is 5.95 Å². The molecule has 0 spiro atoms. The van der Waals surface area contributed by atoms with Crippen molar-refractivity contribution >= 4 is 17.9 Å². The predicted molar refractivity (Wildman–Crippen MR) is 111 cm³/mol. The Morgan fingerprint density at radius 3 is 2.29 bits per heavy atom. The van der Waals surface area contributed by atoms with Crippen LogP contribution in [0.4, 0.5) is 5.95 Å². The third-order valence-electron chi connectivity index (χ3n) is 5.41. The molecule has 0 bridgehead atoms. The van der Waals surface area contributed by atoms with Crippen molar-refractivity contribution in [2.45, 2.75) is 12.8 Å². The van der Waals surface area contributed by atoms with E-state index in [9.17, 15) is 4.79 Å². The lowest BCUT2D eigenvalue weighted by molar-refractivity contribution is 0.0649. The molecular formula is C22H27N5O. The van der Waals surface area contributed by atoms with Crippen LogP contribution in [-0.2, 0) is 0 Å². The van der Waals surface area contributed by atoms with Crippen molar-refractivity contribution in [3.05, 3.63) is 59.9 Å². The zero-order chi connectivity index (χ0) is 19.2. The molecule has 2 aliphatic rings. The number of amides is 1. The van der Waals surface area contributed by atoms with Crippen LogP contribution >= 0.6 is 0 Å². The summed E-state index contributed by atoms with van der Waals surface area (Å²) in [7, 11) is 0. The summed E-state index contributed by atoms with van der Waals surface area (Å²) in [6.45, 7) is 6.18. The average Bonchev–Trinajstić information content (AvgIpc) is 3.30. The molecule has 6 heteroatoms. The van der Waals surface area contributed by atoms with Crippen LogP contribution in [0.25, 0.3) is 6.08 Å². The molecule has 0 atom stereocenters. The summed E-state index contributed by atoms with van der Waals surface area (Å²) >= 11 is 0. The third kappa shape index (κ3) is 4.57. The monoisotopic (exact) mass is 377 g/mol. The molecule has 1 aromatic carbocycles. The molecule has 0 aliphatic carbocycles. The van der Waals surface area contributed by atoms with Gasteiger partial charge in [0.1, 0.15) is 0 Å². The van der Waals surface area contributed by atoms with Crippen LogP contribution in [0.5, 0.6) is 0 Å². The summed E-state index contributed by atoms with van der Waals surface area (Å²) < 4.78 is 0. The first-order chi connectivity index (χ1) is 13.8. The first-order valence-electron chi connectivity index (χ1n) is 10.1. The number of anilines is 1. The Morgan fingerprint density at radius 1 is 0.929 bits per heavy atom. The summed E-state index contributed by atoms with van der Waals surface area (Å²) in [5.41, 5.74) is 1.80. The van der Waals surface area contributed by atoms with Crippen LogP contribution in [0.1, 0.15) is 28.8 Å². The number of nitrogens with zero attached hydrogens (tertiary/aromatic N) is 5. The number of carbonyl (C=O) groups is 1. The van der Waals surface area contributed by atoms with Crippen molar-refractivity contribution in [3.8, 4) is 0 Å². The van der Waals surface area contributed by atoms with Gasteiger partial charge in [-0.2, -0.15) is 0 Å². The second-order valence-electron chi connectivity index (χ2n) is 7.37. The Labute approximate surface area is 166 Å². The quantitative estimate of drug-likeness (QED) is 0.802. The molecule has 0 N–H and O–H groups in total. The van der Waals surface area contributed by atoms with E-state index in [0.29, 0.717) is 5.56 Å². The average molecular weight is 377 g/mol. The van der Waals surface area contributed by atoms with Gasteiger partial charge in [-0.1, -0.05) is 42.5 Å². The molecule has 4 rings (SSSR count). The highest BCUT2D eigenvalue weighted by molar-refractivity contribution is 5.93. The first-order valence-corrected chi connectivity index (χ1v) is 10.1. The van der Waals surface area contributed by atoms with Gasteiger partial charge in [-0.3, -0.25) is 9.69 Å². The maximum atomic E-state index is 12.7. The molecule has 0 radical (unpaired) electrons. The number of benzene rings is 1. The van der Waals surface area contributed by atoms with E-state index in [1.165, 1.54) is 18.4 Å². The molecule has 2 saturated heterocycles. The van der Waals surface area contributed by atoms with Gasteiger partial charge in [0, 0.05) is 58.2 Å². The second-order valence-corrected chi connectivity index (χ2v) is 7.37. The zero-order valence-corrected chi connectivity index (χ0v) is 16.2. The maximum Gasteiger partial charge on any atom is 0.257 e. The molecule has 2 aliphatic heterocycles. The lowest BCUT2D eigenvalue weighted by Crippen LogP contribution is -2.48. The van der Waals surface area contributed by atoms with Crippen molar-refractivity contribution in [3.63, 3.8) is 0 Å². The fraction of sp³-hybridized carbons (Fsp3) is 0.409. The van der Waals surface area contributed by atoms with Crippen LogP contribution in [0, 0.1) is 0 Å². The minimum absolute atomic E-state index is 0.0347. The molecule has 28 heavy (non-hydrogen) atoms. The first kappa shape index (κ1) is 18.6. The standard InChI is InChI=1S/C22H27N5O/c28-21(20-17-23-22(24-18-20)27-11-4-5-12-27)26-15-13-25(14-16-26)10-6-9-19-7-2-1-3-8-19/h1-3,6-9,17-18H,4-5,10-16H2. The van der Waals surface area contributed by atoms with Crippen LogP contribution < -0.4 is 4.90 Å². The summed E-state index contributed by atoms with van der Waals surface area (Å²) in [6.07, 6.45) is 10.1. The van der Waals surface area contributed by atoms with E-state index in [-0.39, 0.29) is 5.91 Å². The zero-order valence-electron chi connectivity index (χ0n) is 16.2. The van der Waals surface area contributed by atoms with Crippen LogP contribution in [0.15, 0.2) is 48.8 Å². The molecule has 2 aromatic rings. The third-order valence-corrected chi connectivity index (χ3v) is 5.41. The van der Waals surface area contributed by atoms with Crippen LogP contribution in [0.3, 0.4) is 0 Å². The Morgan fingerprint density at radius 2 is 1.61 bits per heavy atom. The molecule has 3 heterocycles. The Kier molecular flexibility index (Phi) is 5.97. The minimum atomic E-state index is 0.0347. The van der Waals surface area contributed by atoms with Crippen molar-refractivity contribution < 1.29 is 4.79 Å². The predicted octanol–water partition coefficient (Wildman–Crippen LogP) is 2.55. The topological polar surface area (TPSA) is 52.6 Å². The highest BCUT2D eigenvalue weighted by Gasteiger charge is 2.22. The lowest BCUT2D eigenvalue weighted by atomic mass is 10.2. The van der Waals surface area contributed by atoms with Crippen molar-refractivity contribution in [1.82, 2.24) is 19.8 Å². The van der Waals surface area contributed by atoms with Gasteiger partial charge in [-0.05, 0) is 18.4 Å². The fourth-order valence-corrected chi connectivity index (χ4v) is 3.73. The van der Waals surface area contributed by atoms with Gasteiger partial charge < -0.3 is 9.80 Å². The summed E-state index contributed by atoms with van der Waals surface area (Å²) in [5, 5.41) is 0. The molecule has 1 amide bonds. The van der Waals surface area contributed by atoms with Gasteiger partial charge >= 0.3 is 0 Å². The summed E-state index contributed by atoms with van der Waals surface area (Å²) in [5.74, 6) is 0.775. The number of hydrogen-bond donors (Lipinski definition) is 0. The Balaban J connectivity index is 1.26. The van der Waals surface area contributed by atoms with Gasteiger partial charge in [-0.25, -0.2) is 9.97 Å². The summed E-state index contributed by atoms with van der Waals surface area (Å²) in [6, 6.07) is 10.3. The number of rotatable bonds is 5. The highest BCUT2D eigenvalue weighted by Crippen LogP contribution is 2.16. The largest absolute Gasteiger partial charge is 0.341 e. The van der Waals surface area contributed by atoms with Crippen molar-refractivity contribution in [2.24, 2.45) is 0 Å². The molecule has 2 fully saturated rings. The normalized spacial score (nSPS) is 18.1. The second kappa shape index (κ2) is 8.97. The molecular weight excluding hydrogens is 350 g/mol. The van der Waals surface area contributed by atoms with Crippen LogP contribution in [-0.4, -0.2) is 71.5 Å². The van der Waals surface area contributed by atoms with E-state index in [1.54, 1.807) is 12.4 Å². The minimum Gasteiger partial charge on any atom is -0.341 e. The molecule has 6 nitrogen and oxygen atoms in total. The molecule has 0 saturated carbocycles. The number of hydrogen-bond acceptors (Lipinski definition) is 5. The lowest BCUT2D eigenvalue weighted by Gasteiger charge is -2.34. The van der Waals surface area contributed by atoms with E-state index < -0.39 is 0 Å². The Bertz CT molecular complexity index is 791. The van der Waals surface area contributed by atoms with Gasteiger partial charge in [0.25, 0.3) is 5.91 Å². The number of aromatic nitrogens is 2. The number of piperazine rings is 1. The Hall–Kier alpha value is -2.73.